The summed E-state index contributed by atoms with van der Waals surface area (Å²) in [4.78, 5) is 12.1. The minimum atomic E-state index is -0.335. The largest absolute Gasteiger partial charge is 0.349 e. The maximum atomic E-state index is 13.7. The van der Waals surface area contributed by atoms with Gasteiger partial charge in [-0.05, 0) is 41.2 Å². The molecule has 1 N–H and O–H groups in total. The summed E-state index contributed by atoms with van der Waals surface area (Å²) in [5.41, 5.74) is 3.00. The van der Waals surface area contributed by atoms with Gasteiger partial charge in [0.1, 0.15) is 5.82 Å². The van der Waals surface area contributed by atoms with E-state index in [2.05, 4.69) is 50.4 Å². The van der Waals surface area contributed by atoms with Crippen molar-refractivity contribution in [3.8, 4) is 0 Å². The van der Waals surface area contributed by atoms with Crippen LogP contribution < -0.4 is 5.32 Å². The zero-order chi connectivity index (χ0) is 19.3. The van der Waals surface area contributed by atoms with Crippen LogP contribution in [-0.2, 0) is 16.0 Å². The summed E-state index contributed by atoms with van der Waals surface area (Å²) in [6.07, 6.45) is 0. The second-order valence-corrected chi connectivity index (χ2v) is 8.81. The van der Waals surface area contributed by atoms with Crippen molar-refractivity contribution in [2.24, 2.45) is 0 Å². The molecule has 140 valence electrons. The molecule has 0 bridgehead atoms. The predicted molar refractivity (Wildman–Crippen MR) is 109 cm³/mol. The second kappa shape index (κ2) is 8.92. The summed E-state index contributed by atoms with van der Waals surface area (Å²) in [5, 5.41) is 3.37. The van der Waals surface area contributed by atoms with Gasteiger partial charge >= 0.3 is 0 Å². The first kappa shape index (κ1) is 20.8. The molecule has 0 saturated heterocycles. The average Bonchev–Trinajstić information content (AvgIpc) is 2.56. The lowest BCUT2D eigenvalue weighted by atomic mass is 9.86. The molecule has 0 aliphatic heterocycles. The van der Waals surface area contributed by atoms with Crippen LogP contribution in [0.15, 0.2) is 42.5 Å². The van der Waals surface area contributed by atoms with E-state index in [1.165, 1.54) is 23.4 Å². The number of hydrogen-bond acceptors (Lipinski definition) is 2. The van der Waals surface area contributed by atoms with Gasteiger partial charge in [-0.25, -0.2) is 4.39 Å². The van der Waals surface area contributed by atoms with Crippen molar-refractivity contribution in [3.63, 3.8) is 0 Å². The first-order valence-electron chi connectivity index (χ1n) is 8.58. The van der Waals surface area contributed by atoms with E-state index in [1.807, 2.05) is 6.92 Å². The van der Waals surface area contributed by atoms with Crippen LogP contribution in [0.5, 0.6) is 0 Å². The molecule has 2 nitrogen and oxygen atoms in total. The molecule has 26 heavy (non-hydrogen) atoms. The Kier molecular flexibility index (Phi) is 7.13. The van der Waals surface area contributed by atoms with Gasteiger partial charge in [-0.1, -0.05) is 62.7 Å². The van der Waals surface area contributed by atoms with Gasteiger partial charge in [0.15, 0.2) is 0 Å². The molecule has 0 unspecified atom stereocenters. The van der Waals surface area contributed by atoms with Gasteiger partial charge in [-0.15, -0.1) is 11.8 Å². The molecule has 1 amide bonds. The summed E-state index contributed by atoms with van der Waals surface area (Å²) >= 11 is 7.12. The first-order chi connectivity index (χ1) is 12.2. The lowest BCUT2D eigenvalue weighted by Crippen LogP contribution is -2.28. The topological polar surface area (TPSA) is 29.1 Å². The van der Waals surface area contributed by atoms with Crippen molar-refractivity contribution in [2.75, 3.05) is 5.75 Å². The Balaban J connectivity index is 1.83. The van der Waals surface area contributed by atoms with Crippen molar-refractivity contribution in [2.45, 2.75) is 44.9 Å². The van der Waals surface area contributed by atoms with E-state index in [9.17, 15) is 9.18 Å². The molecule has 2 aromatic rings. The van der Waals surface area contributed by atoms with Crippen molar-refractivity contribution < 1.29 is 9.18 Å². The standard InChI is InChI=1S/C21H25ClFNOS/c1-14(15-5-8-17(9-6-15)21(2,3)4)24-20(25)13-26-12-16-7-10-18(22)11-19(16)23/h5-11,14H,12-13H2,1-4H3,(H,24,25)/t14-/m0/s1. The summed E-state index contributed by atoms with van der Waals surface area (Å²) in [5.74, 6) is 0.326. The van der Waals surface area contributed by atoms with Gasteiger partial charge in [0, 0.05) is 10.8 Å². The van der Waals surface area contributed by atoms with Crippen molar-refractivity contribution in [3.05, 3.63) is 70.0 Å². The number of thioether (sulfide) groups is 1. The van der Waals surface area contributed by atoms with Crippen LogP contribution in [0.1, 0.15) is 50.4 Å². The number of nitrogens with one attached hydrogen (secondary N) is 1. The zero-order valence-electron chi connectivity index (χ0n) is 15.6. The summed E-state index contributed by atoms with van der Waals surface area (Å²) < 4.78 is 13.7. The van der Waals surface area contributed by atoms with Gasteiger partial charge in [-0.2, -0.15) is 0 Å². The van der Waals surface area contributed by atoms with Crippen LogP contribution in [0.25, 0.3) is 0 Å². The zero-order valence-corrected chi connectivity index (χ0v) is 17.2. The normalized spacial score (nSPS) is 12.7. The average molecular weight is 394 g/mol. The molecule has 0 saturated carbocycles. The molecule has 1 atom stereocenters. The van der Waals surface area contributed by atoms with E-state index >= 15 is 0 Å². The Labute approximate surface area is 164 Å². The molecular weight excluding hydrogens is 369 g/mol. The third kappa shape index (κ3) is 6.03. The van der Waals surface area contributed by atoms with Crippen molar-refractivity contribution in [1.82, 2.24) is 5.32 Å². The fourth-order valence-electron chi connectivity index (χ4n) is 2.53. The van der Waals surface area contributed by atoms with Crippen LogP contribution in [-0.4, -0.2) is 11.7 Å². The Morgan fingerprint density at radius 1 is 1.19 bits per heavy atom. The minimum absolute atomic E-state index is 0.0585. The van der Waals surface area contributed by atoms with Gasteiger partial charge < -0.3 is 5.32 Å². The maximum absolute atomic E-state index is 13.7. The maximum Gasteiger partial charge on any atom is 0.230 e. The first-order valence-corrected chi connectivity index (χ1v) is 10.1. The van der Waals surface area contributed by atoms with Crippen LogP contribution in [0.4, 0.5) is 4.39 Å². The number of carbonyl (C=O) groups excluding carboxylic acids is 1. The van der Waals surface area contributed by atoms with Crippen molar-refractivity contribution in [1.29, 1.82) is 0 Å². The summed E-state index contributed by atoms with van der Waals surface area (Å²) in [6, 6.07) is 12.9. The molecule has 0 radical (unpaired) electrons. The van der Waals surface area contributed by atoms with Gasteiger partial charge in [0.2, 0.25) is 5.91 Å². The molecule has 2 aromatic carbocycles. The van der Waals surface area contributed by atoms with Crippen LogP contribution >= 0.6 is 23.4 Å². The number of carbonyl (C=O) groups is 1. The van der Waals surface area contributed by atoms with E-state index in [4.69, 9.17) is 11.6 Å². The minimum Gasteiger partial charge on any atom is -0.349 e. The van der Waals surface area contributed by atoms with Gasteiger partial charge in [-0.3, -0.25) is 4.79 Å². The molecule has 5 heteroatoms. The molecule has 0 aliphatic carbocycles. The predicted octanol–water partition coefficient (Wildman–Crippen LogP) is 5.89. The Bertz CT molecular complexity index is 756. The molecule has 2 rings (SSSR count). The lowest BCUT2D eigenvalue weighted by Gasteiger charge is -2.20. The number of amides is 1. The Morgan fingerprint density at radius 3 is 2.42 bits per heavy atom. The fraction of sp³-hybridized carbons (Fsp3) is 0.381. The lowest BCUT2D eigenvalue weighted by molar-refractivity contribution is -0.119. The summed E-state index contributed by atoms with van der Waals surface area (Å²) in [7, 11) is 0. The third-order valence-corrected chi connectivity index (χ3v) is 5.38. The van der Waals surface area contributed by atoms with Crippen molar-refractivity contribution >= 4 is 29.3 Å². The van der Waals surface area contributed by atoms with Crippen LogP contribution in [0.3, 0.4) is 0 Å². The molecular formula is C21H25ClFNOS. The van der Waals surface area contributed by atoms with E-state index < -0.39 is 0 Å². The highest BCUT2D eigenvalue weighted by Crippen LogP contribution is 2.24. The van der Waals surface area contributed by atoms with E-state index in [0.29, 0.717) is 16.3 Å². The Hall–Kier alpha value is -1.52. The Morgan fingerprint density at radius 2 is 1.85 bits per heavy atom. The van der Waals surface area contributed by atoms with E-state index in [0.717, 1.165) is 5.56 Å². The molecule has 0 heterocycles. The fourth-order valence-corrected chi connectivity index (χ4v) is 3.51. The molecule has 0 spiro atoms. The summed E-state index contributed by atoms with van der Waals surface area (Å²) in [6.45, 7) is 8.49. The number of benzene rings is 2. The smallest absolute Gasteiger partial charge is 0.230 e. The highest BCUT2D eigenvalue weighted by atomic mass is 35.5. The monoisotopic (exact) mass is 393 g/mol. The number of hydrogen-bond donors (Lipinski definition) is 1. The number of halogens is 2. The molecule has 0 aromatic heterocycles. The van der Waals surface area contributed by atoms with Gasteiger partial charge in [0.05, 0.1) is 11.8 Å². The molecule has 0 aliphatic rings. The quantitative estimate of drug-likeness (QED) is 0.663. The third-order valence-electron chi connectivity index (χ3n) is 4.16. The van der Waals surface area contributed by atoms with E-state index in [1.54, 1.807) is 12.1 Å². The van der Waals surface area contributed by atoms with Gasteiger partial charge in [0.25, 0.3) is 0 Å². The van der Waals surface area contributed by atoms with Crippen LogP contribution in [0.2, 0.25) is 5.02 Å². The highest BCUT2D eigenvalue weighted by molar-refractivity contribution is 7.99. The second-order valence-electron chi connectivity index (χ2n) is 7.39. The van der Waals surface area contributed by atoms with E-state index in [-0.39, 0.29) is 28.9 Å². The number of rotatable bonds is 6. The molecule has 0 fully saturated rings. The SMILES string of the molecule is C[C@H](NC(=O)CSCc1ccc(Cl)cc1F)c1ccc(C(C)(C)C)cc1. The van der Waals surface area contributed by atoms with Crippen LogP contribution in [0, 0.1) is 5.82 Å². The highest BCUT2D eigenvalue weighted by Gasteiger charge is 2.15.